The standard InChI is InChI=1S/C19H28O3/c1-5-15(20)18-16(21)6-11(7-17(18)22)13-8-12-9-14(10(13)2)19(12,3)4/h10-14,18H,5-9H2,1-4H3. The number of hydrogen-bond donors (Lipinski definition) is 0. The number of carbonyl (C=O) groups excluding carboxylic acids is 3. The third kappa shape index (κ3) is 2.19. The van der Waals surface area contributed by atoms with Crippen molar-refractivity contribution in [1.29, 1.82) is 0 Å². The first kappa shape index (κ1) is 15.9. The van der Waals surface area contributed by atoms with Crippen LogP contribution in [0.1, 0.15) is 59.8 Å². The molecule has 4 fully saturated rings. The van der Waals surface area contributed by atoms with E-state index in [0.29, 0.717) is 30.1 Å². The molecule has 0 spiro atoms. The molecule has 22 heavy (non-hydrogen) atoms. The zero-order chi connectivity index (χ0) is 16.2. The molecular formula is C19H28O3. The summed E-state index contributed by atoms with van der Waals surface area (Å²) in [4.78, 5) is 36.5. The molecule has 0 aromatic carbocycles. The van der Waals surface area contributed by atoms with Crippen molar-refractivity contribution in [2.24, 2.45) is 40.9 Å². The fourth-order valence-electron chi connectivity index (χ4n) is 5.68. The molecule has 0 aromatic heterocycles. The lowest BCUT2D eigenvalue weighted by Crippen LogP contribution is -2.57. The van der Waals surface area contributed by atoms with Crippen LogP contribution in [0, 0.1) is 40.9 Å². The van der Waals surface area contributed by atoms with Gasteiger partial charge in [-0.05, 0) is 47.8 Å². The number of ketones is 3. The van der Waals surface area contributed by atoms with Gasteiger partial charge in [0, 0.05) is 19.3 Å². The Kier molecular flexibility index (Phi) is 3.81. The SMILES string of the molecule is CCC(=O)C1C(=O)CC(C2CC3CC(C2C)C3(C)C)CC1=O. The Bertz CT molecular complexity index is 501. The first-order chi connectivity index (χ1) is 10.3. The quantitative estimate of drug-likeness (QED) is 0.750. The minimum absolute atomic E-state index is 0.112. The normalized spacial score (nSPS) is 43.6. The van der Waals surface area contributed by atoms with Crippen molar-refractivity contribution >= 4 is 17.3 Å². The van der Waals surface area contributed by atoms with Crippen molar-refractivity contribution in [1.82, 2.24) is 0 Å². The Morgan fingerprint density at radius 2 is 1.73 bits per heavy atom. The van der Waals surface area contributed by atoms with Gasteiger partial charge in [0.2, 0.25) is 0 Å². The van der Waals surface area contributed by atoms with Gasteiger partial charge in [-0.25, -0.2) is 0 Å². The summed E-state index contributed by atoms with van der Waals surface area (Å²) in [7, 11) is 0. The molecule has 0 aliphatic heterocycles. The van der Waals surface area contributed by atoms with Crippen molar-refractivity contribution in [3.8, 4) is 0 Å². The second-order valence-electron chi connectivity index (χ2n) is 8.47. The van der Waals surface area contributed by atoms with Crippen molar-refractivity contribution in [2.45, 2.75) is 59.8 Å². The highest BCUT2D eigenvalue weighted by molar-refractivity contribution is 6.20. The van der Waals surface area contributed by atoms with Gasteiger partial charge in [0.15, 0.2) is 17.3 Å². The zero-order valence-electron chi connectivity index (χ0n) is 14.2. The largest absolute Gasteiger partial charge is 0.298 e. The summed E-state index contributed by atoms with van der Waals surface area (Å²) < 4.78 is 0. The van der Waals surface area contributed by atoms with Crippen LogP contribution in [0.5, 0.6) is 0 Å². The number of carbonyl (C=O) groups is 3. The van der Waals surface area contributed by atoms with Crippen LogP contribution in [0.25, 0.3) is 0 Å². The van der Waals surface area contributed by atoms with E-state index in [4.69, 9.17) is 0 Å². The second-order valence-corrected chi connectivity index (χ2v) is 8.47. The molecule has 0 radical (unpaired) electrons. The molecule has 2 bridgehead atoms. The van der Waals surface area contributed by atoms with E-state index < -0.39 is 5.92 Å². The van der Waals surface area contributed by atoms with Gasteiger partial charge in [0.1, 0.15) is 5.92 Å². The van der Waals surface area contributed by atoms with Gasteiger partial charge in [-0.15, -0.1) is 0 Å². The van der Waals surface area contributed by atoms with E-state index in [9.17, 15) is 14.4 Å². The maximum atomic E-state index is 12.3. The highest BCUT2D eigenvalue weighted by atomic mass is 16.2. The van der Waals surface area contributed by atoms with E-state index in [-0.39, 0.29) is 29.7 Å². The number of hydrogen-bond acceptors (Lipinski definition) is 3. The van der Waals surface area contributed by atoms with Gasteiger partial charge in [-0.1, -0.05) is 27.7 Å². The molecule has 4 unspecified atom stereocenters. The molecule has 0 N–H and O–H groups in total. The van der Waals surface area contributed by atoms with Crippen LogP contribution in [-0.2, 0) is 14.4 Å². The van der Waals surface area contributed by atoms with Crippen LogP contribution in [0.4, 0.5) is 0 Å². The average Bonchev–Trinajstić information content (AvgIpc) is 2.45. The highest BCUT2D eigenvalue weighted by Gasteiger charge is 2.58. The molecule has 4 rings (SSSR count). The fourth-order valence-corrected chi connectivity index (χ4v) is 5.68. The summed E-state index contributed by atoms with van der Waals surface area (Å²) in [5.41, 5.74) is 0.430. The van der Waals surface area contributed by atoms with Gasteiger partial charge in [-0.2, -0.15) is 0 Å². The topological polar surface area (TPSA) is 51.2 Å². The third-order valence-corrected chi connectivity index (χ3v) is 7.26. The Hall–Kier alpha value is -0.990. The summed E-state index contributed by atoms with van der Waals surface area (Å²) in [5, 5.41) is 0. The fraction of sp³-hybridized carbons (Fsp3) is 0.842. The van der Waals surface area contributed by atoms with Crippen LogP contribution >= 0.6 is 0 Å². The van der Waals surface area contributed by atoms with E-state index in [1.807, 2.05) is 0 Å². The highest BCUT2D eigenvalue weighted by Crippen LogP contribution is 2.64. The molecule has 0 saturated heterocycles. The van der Waals surface area contributed by atoms with Gasteiger partial charge < -0.3 is 0 Å². The molecule has 4 atom stereocenters. The molecular weight excluding hydrogens is 276 g/mol. The minimum Gasteiger partial charge on any atom is -0.298 e. The van der Waals surface area contributed by atoms with Crippen molar-refractivity contribution < 1.29 is 14.4 Å². The predicted octanol–water partition coefficient (Wildman–Crippen LogP) is 3.45. The smallest absolute Gasteiger partial charge is 0.151 e. The Balaban J connectivity index is 1.72. The lowest BCUT2D eigenvalue weighted by molar-refractivity contribution is -0.155. The number of fused-ring (bicyclic) bond motifs is 2. The minimum atomic E-state index is -0.939. The molecule has 4 aliphatic carbocycles. The summed E-state index contributed by atoms with van der Waals surface area (Å²) >= 11 is 0. The zero-order valence-corrected chi connectivity index (χ0v) is 14.2. The van der Waals surface area contributed by atoms with E-state index in [2.05, 4.69) is 20.8 Å². The maximum absolute atomic E-state index is 12.3. The Morgan fingerprint density at radius 3 is 2.18 bits per heavy atom. The van der Waals surface area contributed by atoms with E-state index in [0.717, 1.165) is 18.3 Å². The van der Waals surface area contributed by atoms with Crippen molar-refractivity contribution in [2.75, 3.05) is 0 Å². The molecule has 4 aliphatic rings. The lowest BCUT2D eigenvalue weighted by Gasteiger charge is -2.63. The summed E-state index contributed by atoms with van der Waals surface area (Å²) in [6.07, 6.45) is 3.64. The predicted molar refractivity (Wildman–Crippen MR) is 84.2 cm³/mol. The number of Topliss-reactive ketones (excluding diaryl/α,β-unsaturated/α-hetero) is 3. The van der Waals surface area contributed by atoms with Crippen LogP contribution in [0.15, 0.2) is 0 Å². The van der Waals surface area contributed by atoms with Crippen LogP contribution in [0.3, 0.4) is 0 Å². The molecule has 0 heterocycles. The van der Waals surface area contributed by atoms with Gasteiger partial charge in [-0.3, -0.25) is 14.4 Å². The van der Waals surface area contributed by atoms with E-state index >= 15 is 0 Å². The van der Waals surface area contributed by atoms with Gasteiger partial charge >= 0.3 is 0 Å². The first-order valence-corrected chi connectivity index (χ1v) is 8.85. The summed E-state index contributed by atoms with van der Waals surface area (Å²) in [5.74, 6) is 1.39. The molecule has 4 saturated carbocycles. The molecule has 3 heteroatoms. The van der Waals surface area contributed by atoms with E-state index in [1.165, 1.54) is 6.42 Å². The van der Waals surface area contributed by atoms with Crippen molar-refractivity contribution in [3.05, 3.63) is 0 Å². The monoisotopic (exact) mass is 304 g/mol. The van der Waals surface area contributed by atoms with E-state index in [1.54, 1.807) is 6.92 Å². The molecule has 0 amide bonds. The molecule has 0 aromatic rings. The van der Waals surface area contributed by atoms with Crippen LogP contribution in [-0.4, -0.2) is 17.3 Å². The van der Waals surface area contributed by atoms with Gasteiger partial charge in [0.05, 0.1) is 0 Å². The third-order valence-electron chi connectivity index (χ3n) is 7.26. The second kappa shape index (κ2) is 5.28. The summed E-state index contributed by atoms with van der Waals surface area (Å²) in [6, 6.07) is 0. The molecule has 122 valence electrons. The van der Waals surface area contributed by atoms with Crippen LogP contribution < -0.4 is 0 Å². The Morgan fingerprint density at radius 1 is 1.14 bits per heavy atom. The molecule has 3 nitrogen and oxygen atoms in total. The first-order valence-electron chi connectivity index (χ1n) is 8.85. The lowest BCUT2D eigenvalue weighted by atomic mass is 9.42. The van der Waals surface area contributed by atoms with Gasteiger partial charge in [0.25, 0.3) is 0 Å². The summed E-state index contributed by atoms with van der Waals surface area (Å²) in [6.45, 7) is 8.77. The van der Waals surface area contributed by atoms with Crippen molar-refractivity contribution in [3.63, 3.8) is 0 Å². The average molecular weight is 304 g/mol. The Labute approximate surface area is 133 Å². The van der Waals surface area contributed by atoms with Crippen LogP contribution in [0.2, 0.25) is 0 Å². The number of rotatable bonds is 3. The maximum Gasteiger partial charge on any atom is 0.151 e.